The van der Waals surface area contributed by atoms with Crippen LogP contribution >= 0.6 is 40.1 Å². The Labute approximate surface area is 133 Å². The Hall–Kier alpha value is -0.230. The van der Waals surface area contributed by atoms with E-state index in [0.29, 0.717) is 12.3 Å². The minimum absolute atomic E-state index is 0. The molecule has 0 aliphatic rings. The number of halogens is 2. The normalized spacial score (nSPS) is 11.6. The van der Waals surface area contributed by atoms with Crippen molar-refractivity contribution in [2.45, 2.75) is 31.7 Å². The zero-order valence-electron chi connectivity index (χ0n) is 11.3. The van der Waals surface area contributed by atoms with E-state index in [2.05, 4.69) is 33.4 Å². The van der Waals surface area contributed by atoms with Gasteiger partial charge in [0, 0.05) is 22.0 Å². The van der Waals surface area contributed by atoms with Gasteiger partial charge in [-0.25, -0.2) is 0 Å². The summed E-state index contributed by atoms with van der Waals surface area (Å²) in [7, 11) is 0. The number of nitrogens with one attached hydrogen (secondary N) is 1. The molecule has 0 fully saturated rings. The lowest BCUT2D eigenvalue weighted by molar-refractivity contribution is -0.119. The summed E-state index contributed by atoms with van der Waals surface area (Å²) >= 11 is 5.06. The largest absolute Gasteiger partial charge is 0.352 e. The van der Waals surface area contributed by atoms with Crippen LogP contribution in [-0.4, -0.2) is 24.2 Å². The average Bonchev–Trinajstić information content (AvgIpc) is 2.32. The Balaban J connectivity index is 0.00000324. The van der Waals surface area contributed by atoms with Crippen molar-refractivity contribution in [3.05, 3.63) is 27.7 Å². The van der Waals surface area contributed by atoms with Crippen molar-refractivity contribution in [3.63, 3.8) is 0 Å². The van der Waals surface area contributed by atoms with Gasteiger partial charge in [-0.05, 0) is 44.0 Å². The number of aryl methyl sites for hydroxylation is 2. The smallest absolute Gasteiger partial charge is 0.230 e. The van der Waals surface area contributed by atoms with Crippen molar-refractivity contribution >= 4 is 46.0 Å². The topological polar surface area (TPSA) is 55.1 Å². The molecule has 1 aromatic carbocycles. The van der Waals surface area contributed by atoms with Gasteiger partial charge in [0.15, 0.2) is 0 Å². The molecule has 0 spiro atoms. The van der Waals surface area contributed by atoms with Crippen molar-refractivity contribution in [3.8, 4) is 0 Å². The Bertz CT molecular complexity index is 443. The Kier molecular flexibility index (Phi) is 8.74. The molecular formula is C13H20BrClN2OS. The Morgan fingerprint density at radius 3 is 2.63 bits per heavy atom. The number of thioether (sulfide) groups is 1. The summed E-state index contributed by atoms with van der Waals surface area (Å²) in [6.07, 6.45) is 0. The van der Waals surface area contributed by atoms with Crippen LogP contribution in [0.3, 0.4) is 0 Å². The third-order valence-corrected chi connectivity index (χ3v) is 4.59. The summed E-state index contributed by atoms with van der Waals surface area (Å²) in [6, 6.07) is 4.22. The lowest BCUT2D eigenvalue weighted by Gasteiger charge is -2.12. The lowest BCUT2D eigenvalue weighted by Crippen LogP contribution is -2.38. The van der Waals surface area contributed by atoms with Gasteiger partial charge in [0.05, 0.1) is 5.75 Å². The van der Waals surface area contributed by atoms with Gasteiger partial charge >= 0.3 is 0 Å². The van der Waals surface area contributed by atoms with Crippen molar-refractivity contribution < 1.29 is 4.79 Å². The number of amides is 1. The lowest BCUT2D eigenvalue weighted by atomic mass is 10.2. The molecule has 0 radical (unpaired) electrons. The zero-order valence-corrected chi connectivity index (χ0v) is 14.5. The van der Waals surface area contributed by atoms with Gasteiger partial charge in [0.1, 0.15) is 0 Å². The van der Waals surface area contributed by atoms with Gasteiger partial charge in [0.25, 0.3) is 0 Å². The molecule has 0 aliphatic heterocycles. The van der Waals surface area contributed by atoms with E-state index in [1.54, 1.807) is 11.8 Å². The highest BCUT2D eigenvalue weighted by atomic mass is 79.9. The summed E-state index contributed by atoms with van der Waals surface area (Å²) in [5.74, 6) is 0.449. The number of hydrogen-bond donors (Lipinski definition) is 2. The number of nitrogens with two attached hydrogens (primary N) is 1. The molecule has 19 heavy (non-hydrogen) atoms. The summed E-state index contributed by atoms with van der Waals surface area (Å²) in [6.45, 7) is 6.46. The zero-order chi connectivity index (χ0) is 13.7. The predicted molar refractivity (Wildman–Crippen MR) is 88.2 cm³/mol. The number of benzene rings is 1. The fraction of sp³-hybridized carbons (Fsp3) is 0.462. The highest BCUT2D eigenvalue weighted by Crippen LogP contribution is 2.28. The quantitative estimate of drug-likeness (QED) is 0.787. The number of rotatable bonds is 5. The maximum atomic E-state index is 11.7. The molecule has 1 aromatic rings. The molecule has 0 saturated carbocycles. The Morgan fingerprint density at radius 2 is 2.05 bits per heavy atom. The molecule has 0 heterocycles. The SMILES string of the molecule is Cc1cc(SCC(=O)N[C@@H](C)CN)c(C)cc1Br.Cl. The molecule has 1 amide bonds. The highest BCUT2D eigenvalue weighted by molar-refractivity contribution is 9.10. The summed E-state index contributed by atoms with van der Waals surface area (Å²) in [5, 5.41) is 2.85. The molecule has 3 nitrogen and oxygen atoms in total. The van der Waals surface area contributed by atoms with Crippen LogP contribution in [-0.2, 0) is 4.79 Å². The van der Waals surface area contributed by atoms with Gasteiger partial charge in [-0.3, -0.25) is 4.79 Å². The minimum Gasteiger partial charge on any atom is -0.352 e. The van der Waals surface area contributed by atoms with Gasteiger partial charge in [-0.15, -0.1) is 24.2 Å². The molecule has 0 bridgehead atoms. The van der Waals surface area contributed by atoms with Crippen LogP contribution in [0.2, 0.25) is 0 Å². The van der Waals surface area contributed by atoms with Gasteiger partial charge in [-0.2, -0.15) is 0 Å². The molecular weight excluding hydrogens is 348 g/mol. The summed E-state index contributed by atoms with van der Waals surface area (Å²) in [5.41, 5.74) is 7.82. The monoisotopic (exact) mass is 366 g/mol. The molecule has 1 rings (SSSR count). The van der Waals surface area contributed by atoms with E-state index in [1.807, 2.05) is 20.8 Å². The molecule has 3 N–H and O–H groups in total. The van der Waals surface area contributed by atoms with Crippen molar-refractivity contribution in [2.24, 2.45) is 5.73 Å². The van der Waals surface area contributed by atoms with Gasteiger partial charge < -0.3 is 11.1 Å². The van der Waals surface area contributed by atoms with E-state index in [0.717, 1.165) is 9.37 Å². The van der Waals surface area contributed by atoms with Crippen LogP contribution < -0.4 is 11.1 Å². The third-order valence-electron chi connectivity index (χ3n) is 2.58. The van der Waals surface area contributed by atoms with Crippen LogP contribution in [0.5, 0.6) is 0 Å². The molecule has 108 valence electrons. The second-order valence-electron chi connectivity index (χ2n) is 4.36. The van der Waals surface area contributed by atoms with E-state index in [4.69, 9.17) is 5.73 Å². The molecule has 0 saturated heterocycles. The molecule has 0 aliphatic carbocycles. The van der Waals surface area contributed by atoms with Gasteiger partial charge in [-0.1, -0.05) is 15.9 Å². The molecule has 0 unspecified atom stereocenters. The molecule has 1 atom stereocenters. The van der Waals surface area contributed by atoms with E-state index in [9.17, 15) is 4.79 Å². The van der Waals surface area contributed by atoms with Crippen LogP contribution in [0.25, 0.3) is 0 Å². The number of hydrogen-bond acceptors (Lipinski definition) is 3. The standard InChI is InChI=1S/C13H19BrN2OS.ClH/c1-8-5-12(9(2)4-11(8)14)18-7-13(17)16-10(3)6-15;/h4-5,10H,6-7,15H2,1-3H3,(H,16,17);1H/t10-;/m0./s1. The van der Waals surface area contributed by atoms with Crippen LogP contribution in [0.4, 0.5) is 0 Å². The summed E-state index contributed by atoms with van der Waals surface area (Å²) in [4.78, 5) is 12.8. The maximum Gasteiger partial charge on any atom is 0.230 e. The van der Waals surface area contributed by atoms with E-state index in [1.165, 1.54) is 11.1 Å². The predicted octanol–water partition coefficient (Wildman–Crippen LogP) is 3.04. The average molecular weight is 368 g/mol. The first-order valence-electron chi connectivity index (χ1n) is 5.83. The van der Waals surface area contributed by atoms with E-state index >= 15 is 0 Å². The fourth-order valence-corrected chi connectivity index (χ4v) is 2.80. The van der Waals surface area contributed by atoms with Crippen molar-refractivity contribution in [1.82, 2.24) is 5.32 Å². The Morgan fingerprint density at radius 1 is 1.42 bits per heavy atom. The number of carbonyl (C=O) groups is 1. The first-order valence-corrected chi connectivity index (χ1v) is 7.61. The van der Waals surface area contributed by atoms with E-state index < -0.39 is 0 Å². The van der Waals surface area contributed by atoms with Gasteiger partial charge in [0.2, 0.25) is 5.91 Å². The fourth-order valence-electron chi connectivity index (χ4n) is 1.43. The van der Waals surface area contributed by atoms with E-state index in [-0.39, 0.29) is 24.4 Å². The minimum atomic E-state index is 0. The molecule has 6 heteroatoms. The maximum absolute atomic E-state index is 11.7. The second-order valence-corrected chi connectivity index (χ2v) is 6.23. The second kappa shape index (κ2) is 8.84. The van der Waals surface area contributed by atoms with Crippen molar-refractivity contribution in [1.29, 1.82) is 0 Å². The van der Waals surface area contributed by atoms with Crippen LogP contribution in [0.15, 0.2) is 21.5 Å². The van der Waals surface area contributed by atoms with Crippen LogP contribution in [0.1, 0.15) is 18.1 Å². The summed E-state index contributed by atoms with van der Waals surface area (Å²) < 4.78 is 1.10. The highest BCUT2D eigenvalue weighted by Gasteiger charge is 2.08. The number of carbonyl (C=O) groups excluding carboxylic acids is 1. The van der Waals surface area contributed by atoms with Crippen LogP contribution in [0, 0.1) is 13.8 Å². The molecule has 0 aromatic heterocycles. The van der Waals surface area contributed by atoms with Crippen molar-refractivity contribution in [2.75, 3.05) is 12.3 Å². The first kappa shape index (κ1) is 18.8. The third kappa shape index (κ3) is 6.17. The first-order chi connectivity index (χ1) is 8.43.